The molecule has 1 saturated heterocycles. The number of amides is 1. The van der Waals surface area contributed by atoms with Crippen LogP contribution in [-0.4, -0.2) is 81.3 Å². The molecular formula is C28H32F2N6O4S. The number of aromatic nitrogens is 3. The van der Waals surface area contributed by atoms with Crippen LogP contribution in [0.3, 0.4) is 0 Å². The van der Waals surface area contributed by atoms with Gasteiger partial charge in [-0.2, -0.15) is 4.39 Å². The zero-order valence-corrected chi connectivity index (χ0v) is 24.1. The average molecular weight is 587 g/mol. The van der Waals surface area contributed by atoms with Gasteiger partial charge in [0.25, 0.3) is 0 Å². The summed E-state index contributed by atoms with van der Waals surface area (Å²) in [5.41, 5.74) is 5.26. The van der Waals surface area contributed by atoms with Crippen LogP contribution in [0.1, 0.15) is 44.0 Å². The number of thioether (sulfide) groups is 1. The number of morpholine rings is 1. The normalized spacial score (nSPS) is 26.7. The first-order chi connectivity index (χ1) is 19.5. The summed E-state index contributed by atoms with van der Waals surface area (Å²) < 4.78 is 45.3. The number of carbonyl (C=O) groups excluding carboxylic acids is 1. The Bertz CT molecular complexity index is 1380. The number of rotatable bonds is 8. The Balaban J connectivity index is 1.63. The number of pyridine rings is 1. The molecule has 1 fully saturated rings. The van der Waals surface area contributed by atoms with Gasteiger partial charge in [-0.25, -0.2) is 19.3 Å². The Labute approximate surface area is 241 Å². The molecule has 10 nitrogen and oxygen atoms in total. The van der Waals surface area contributed by atoms with Gasteiger partial charge in [-0.05, 0) is 38.5 Å². The van der Waals surface area contributed by atoms with Gasteiger partial charge in [0.05, 0.1) is 49.8 Å². The van der Waals surface area contributed by atoms with E-state index in [-0.39, 0.29) is 58.9 Å². The fourth-order valence-electron chi connectivity index (χ4n) is 5.13. The van der Waals surface area contributed by atoms with Crippen molar-refractivity contribution in [2.24, 2.45) is 10.7 Å². The molecule has 0 radical (unpaired) electrons. The second-order valence-corrected chi connectivity index (χ2v) is 11.8. The molecule has 4 heterocycles. The van der Waals surface area contributed by atoms with Crippen molar-refractivity contribution in [2.45, 2.75) is 49.6 Å². The van der Waals surface area contributed by atoms with Crippen LogP contribution in [0.5, 0.6) is 5.88 Å². The minimum Gasteiger partial charge on any atom is -0.463 e. The van der Waals surface area contributed by atoms with Gasteiger partial charge in [0.2, 0.25) is 17.7 Å². The van der Waals surface area contributed by atoms with Gasteiger partial charge in [0, 0.05) is 25.3 Å². The van der Waals surface area contributed by atoms with Crippen LogP contribution in [0.25, 0.3) is 11.9 Å². The van der Waals surface area contributed by atoms with E-state index in [1.807, 2.05) is 6.92 Å². The zero-order chi connectivity index (χ0) is 29.8. The van der Waals surface area contributed by atoms with Crippen LogP contribution < -0.4 is 10.5 Å². The van der Waals surface area contributed by atoms with E-state index in [0.29, 0.717) is 19.8 Å². The summed E-state index contributed by atoms with van der Waals surface area (Å²) in [4.78, 5) is 32.2. The fourth-order valence-corrected chi connectivity index (χ4v) is 6.38. The van der Waals surface area contributed by atoms with Gasteiger partial charge in [0.15, 0.2) is 17.6 Å². The number of hydrogen-bond donors (Lipinski definition) is 1. The molecule has 2 aromatic rings. The largest absolute Gasteiger partial charge is 0.463 e. The molecule has 1 amide bonds. The van der Waals surface area contributed by atoms with Gasteiger partial charge in [-0.3, -0.25) is 9.79 Å². The van der Waals surface area contributed by atoms with Crippen molar-refractivity contribution in [3.8, 4) is 18.2 Å². The standard InChI is InChI=1S/C28H32F2N6O4S/c1-6-7-40-23-12-32-22(11-33-23)21(29)9-18-8-20(24(30)34-10-18)27(3)16-28(4,41-26(31)35-27)25(37)36-17(2)13-39-15-19(36)14-38-5/h1,8-12,17,19H,7,13-16H2,2-5H3,(H2,31,35)/b21-9-/t17-,19+,27+,28-/m1/s1. The third kappa shape index (κ3) is 6.66. The molecule has 0 saturated carbocycles. The lowest BCUT2D eigenvalue weighted by molar-refractivity contribution is -0.150. The van der Waals surface area contributed by atoms with E-state index in [1.54, 1.807) is 25.9 Å². The van der Waals surface area contributed by atoms with E-state index in [9.17, 15) is 4.79 Å². The first-order valence-corrected chi connectivity index (χ1v) is 13.7. The number of nitrogens with zero attached hydrogens (tertiary/aromatic N) is 5. The molecule has 0 spiro atoms. The number of carbonyl (C=O) groups is 1. The SMILES string of the molecule is C#CCOc1cnc(/C(F)=C/c2cnc(F)c([C@]3(C)C[C@](C)(C(=O)N4[C@@H](COC)COC[C@H]4C)SC(N)=N3)c2)cn1. The summed E-state index contributed by atoms with van der Waals surface area (Å²) in [6, 6.07) is 0.967. The van der Waals surface area contributed by atoms with Gasteiger partial charge in [0.1, 0.15) is 10.4 Å². The van der Waals surface area contributed by atoms with E-state index >= 15 is 8.78 Å². The van der Waals surface area contributed by atoms with Gasteiger partial charge in [-0.1, -0.05) is 17.7 Å². The number of terminal acetylenes is 1. The zero-order valence-electron chi connectivity index (χ0n) is 23.3. The van der Waals surface area contributed by atoms with Crippen molar-refractivity contribution in [3.63, 3.8) is 0 Å². The summed E-state index contributed by atoms with van der Waals surface area (Å²) in [6.45, 7) is 6.41. The van der Waals surface area contributed by atoms with E-state index in [1.165, 1.54) is 24.7 Å². The number of amidine groups is 1. The molecule has 2 aliphatic rings. The third-order valence-corrected chi connectivity index (χ3v) is 7.93. The molecule has 0 unspecified atom stereocenters. The Morgan fingerprint density at radius 1 is 1.32 bits per heavy atom. The van der Waals surface area contributed by atoms with Crippen molar-refractivity contribution >= 4 is 34.7 Å². The summed E-state index contributed by atoms with van der Waals surface area (Å²) in [5, 5.41) is 0.132. The van der Waals surface area contributed by atoms with Gasteiger partial charge in [-0.15, -0.1) is 6.42 Å². The van der Waals surface area contributed by atoms with Crippen molar-refractivity contribution in [1.29, 1.82) is 0 Å². The molecule has 13 heteroatoms. The first kappa shape index (κ1) is 30.4. The summed E-state index contributed by atoms with van der Waals surface area (Å²) in [6.07, 6.45) is 10.1. The second-order valence-electron chi connectivity index (χ2n) is 10.3. The number of ether oxygens (including phenoxy) is 3. The van der Waals surface area contributed by atoms with Gasteiger partial charge < -0.3 is 24.8 Å². The minimum absolute atomic E-state index is 0.00446. The molecule has 0 aromatic carbocycles. The number of nitrogens with two attached hydrogens (primary N) is 1. The number of hydrogen-bond acceptors (Lipinski definition) is 10. The maximum Gasteiger partial charge on any atom is 0.239 e. The lowest BCUT2D eigenvalue weighted by Crippen LogP contribution is -2.61. The fraction of sp³-hybridized carbons (Fsp3) is 0.464. The highest BCUT2D eigenvalue weighted by atomic mass is 32.2. The maximum absolute atomic E-state index is 15.2. The average Bonchev–Trinajstić information content (AvgIpc) is 2.92. The highest BCUT2D eigenvalue weighted by Gasteiger charge is 2.51. The van der Waals surface area contributed by atoms with Crippen molar-refractivity contribution in [1.82, 2.24) is 19.9 Å². The molecule has 2 aliphatic heterocycles. The van der Waals surface area contributed by atoms with Crippen LogP contribution >= 0.6 is 11.8 Å². The molecule has 41 heavy (non-hydrogen) atoms. The smallest absolute Gasteiger partial charge is 0.239 e. The van der Waals surface area contributed by atoms with Crippen LogP contribution in [0, 0.1) is 18.3 Å². The summed E-state index contributed by atoms with van der Waals surface area (Å²) in [5.74, 6) is 0.764. The van der Waals surface area contributed by atoms with Crippen LogP contribution in [0.15, 0.2) is 29.6 Å². The van der Waals surface area contributed by atoms with Crippen molar-refractivity contribution < 1.29 is 27.8 Å². The van der Waals surface area contributed by atoms with E-state index in [0.717, 1.165) is 17.8 Å². The highest BCUT2D eigenvalue weighted by molar-refractivity contribution is 8.15. The van der Waals surface area contributed by atoms with Crippen molar-refractivity contribution in [3.05, 3.63) is 47.4 Å². The Hall–Kier alpha value is -3.60. The van der Waals surface area contributed by atoms with E-state index < -0.39 is 22.1 Å². The second kappa shape index (κ2) is 12.5. The predicted octanol–water partition coefficient (Wildman–Crippen LogP) is 3.18. The summed E-state index contributed by atoms with van der Waals surface area (Å²) in [7, 11) is 1.57. The monoisotopic (exact) mass is 586 g/mol. The number of halogens is 2. The first-order valence-electron chi connectivity index (χ1n) is 12.9. The lowest BCUT2D eigenvalue weighted by atomic mass is 9.82. The Morgan fingerprint density at radius 3 is 2.78 bits per heavy atom. The lowest BCUT2D eigenvalue weighted by Gasteiger charge is -2.47. The van der Waals surface area contributed by atoms with Crippen LogP contribution in [-0.2, 0) is 19.8 Å². The highest BCUT2D eigenvalue weighted by Crippen LogP contribution is 2.47. The molecule has 2 aromatic heterocycles. The molecular weight excluding hydrogens is 554 g/mol. The number of methoxy groups -OCH3 is 1. The molecule has 4 atom stereocenters. The Morgan fingerprint density at radius 2 is 2.10 bits per heavy atom. The van der Waals surface area contributed by atoms with Gasteiger partial charge >= 0.3 is 0 Å². The molecule has 218 valence electrons. The van der Waals surface area contributed by atoms with E-state index in [2.05, 4.69) is 25.9 Å². The molecule has 0 aliphatic carbocycles. The van der Waals surface area contributed by atoms with Crippen molar-refractivity contribution in [2.75, 3.05) is 33.5 Å². The summed E-state index contributed by atoms with van der Waals surface area (Å²) >= 11 is 1.14. The molecule has 0 bridgehead atoms. The topological polar surface area (TPSA) is 125 Å². The Kier molecular flexibility index (Phi) is 9.26. The molecule has 2 N–H and O–H groups in total. The maximum atomic E-state index is 15.2. The number of aliphatic imine (C=N–C) groups is 1. The van der Waals surface area contributed by atoms with Crippen LogP contribution in [0.2, 0.25) is 0 Å². The van der Waals surface area contributed by atoms with E-state index in [4.69, 9.17) is 26.4 Å². The third-order valence-electron chi connectivity index (χ3n) is 6.86. The minimum atomic E-state index is -1.26. The van der Waals surface area contributed by atoms with Crippen LogP contribution in [0.4, 0.5) is 8.78 Å². The molecule has 4 rings (SSSR count). The predicted molar refractivity (Wildman–Crippen MR) is 152 cm³/mol. The quantitative estimate of drug-likeness (QED) is 0.367.